The zero-order valence-electron chi connectivity index (χ0n) is 15.9. The Morgan fingerprint density at radius 2 is 1.85 bits per heavy atom. The molecule has 0 bridgehead atoms. The van der Waals surface area contributed by atoms with Crippen LogP contribution in [0.5, 0.6) is 5.75 Å². The standard InChI is InChI=1S/C22H26N2O2/c1-15(2)14-26-18-12-10-17(11-13-18)22(5)23-20-9-7-6-8-19(20)21(25)24(22)16(3)4/h6-13,16,23H,1,14H2,2-5H3. The summed E-state index contributed by atoms with van der Waals surface area (Å²) in [5, 5.41) is 3.57. The van der Waals surface area contributed by atoms with E-state index in [0.717, 1.165) is 22.6 Å². The highest BCUT2D eigenvalue weighted by molar-refractivity contribution is 6.02. The number of benzene rings is 2. The van der Waals surface area contributed by atoms with Crippen LogP contribution < -0.4 is 10.1 Å². The molecule has 1 unspecified atom stereocenters. The van der Waals surface area contributed by atoms with Crippen molar-refractivity contribution in [1.82, 2.24) is 4.90 Å². The van der Waals surface area contributed by atoms with Crippen molar-refractivity contribution in [2.75, 3.05) is 11.9 Å². The normalized spacial score (nSPS) is 19.1. The predicted molar refractivity (Wildman–Crippen MR) is 105 cm³/mol. The van der Waals surface area contributed by atoms with Crippen LogP contribution in [0.3, 0.4) is 0 Å². The zero-order valence-corrected chi connectivity index (χ0v) is 15.9. The van der Waals surface area contributed by atoms with E-state index >= 15 is 0 Å². The molecule has 1 heterocycles. The Hall–Kier alpha value is -2.75. The number of nitrogens with one attached hydrogen (secondary N) is 1. The first-order valence-electron chi connectivity index (χ1n) is 8.91. The Bertz CT molecular complexity index is 826. The van der Waals surface area contributed by atoms with Gasteiger partial charge in [0.1, 0.15) is 18.0 Å². The van der Waals surface area contributed by atoms with E-state index in [1.54, 1.807) is 0 Å². The highest BCUT2D eigenvalue weighted by atomic mass is 16.5. The minimum absolute atomic E-state index is 0.0412. The third-order valence-electron chi connectivity index (χ3n) is 4.65. The van der Waals surface area contributed by atoms with Crippen molar-refractivity contribution in [2.24, 2.45) is 0 Å². The zero-order chi connectivity index (χ0) is 18.9. The van der Waals surface area contributed by atoms with Crippen molar-refractivity contribution < 1.29 is 9.53 Å². The maximum atomic E-state index is 13.1. The van der Waals surface area contributed by atoms with Gasteiger partial charge in [-0.3, -0.25) is 4.79 Å². The van der Waals surface area contributed by atoms with Gasteiger partial charge in [0.15, 0.2) is 0 Å². The maximum absolute atomic E-state index is 13.1. The molecule has 0 fully saturated rings. The lowest BCUT2D eigenvalue weighted by atomic mass is 9.92. The van der Waals surface area contributed by atoms with Gasteiger partial charge in [0, 0.05) is 11.7 Å². The van der Waals surface area contributed by atoms with Crippen molar-refractivity contribution in [3.8, 4) is 5.75 Å². The first-order valence-corrected chi connectivity index (χ1v) is 8.91. The average molecular weight is 350 g/mol. The van der Waals surface area contributed by atoms with Crippen LogP contribution in [0, 0.1) is 0 Å². The summed E-state index contributed by atoms with van der Waals surface area (Å²) in [6.45, 7) is 12.4. The smallest absolute Gasteiger partial charge is 0.258 e. The molecule has 1 amide bonds. The molecule has 2 aromatic carbocycles. The summed E-state index contributed by atoms with van der Waals surface area (Å²) in [6.07, 6.45) is 0. The van der Waals surface area contributed by atoms with Crippen molar-refractivity contribution in [1.29, 1.82) is 0 Å². The molecule has 4 heteroatoms. The molecule has 3 rings (SSSR count). The Morgan fingerprint density at radius 1 is 1.19 bits per heavy atom. The van der Waals surface area contributed by atoms with Gasteiger partial charge in [-0.25, -0.2) is 0 Å². The number of carbonyl (C=O) groups excluding carboxylic acids is 1. The monoisotopic (exact) mass is 350 g/mol. The molecule has 26 heavy (non-hydrogen) atoms. The third-order valence-corrected chi connectivity index (χ3v) is 4.65. The number of rotatable bonds is 5. The summed E-state index contributed by atoms with van der Waals surface area (Å²) in [5.41, 5.74) is 2.92. The van der Waals surface area contributed by atoms with Crippen LogP contribution in [-0.2, 0) is 5.66 Å². The molecule has 1 N–H and O–H groups in total. The molecular formula is C22H26N2O2. The van der Waals surface area contributed by atoms with Gasteiger partial charge < -0.3 is 15.0 Å². The molecule has 4 nitrogen and oxygen atoms in total. The van der Waals surface area contributed by atoms with Gasteiger partial charge in [-0.2, -0.15) is 0 Å². The number of nitrogens with zero attached hydrogens (tertiary/aromatic N) is 1. The molecule has 0 saturated heterocycles. The minimum Gasteiger partial charge on any atom is -0.489 e. The first-order chi connectivity index (χ1) is 12.3. The summed E-state index contributed by atoms with van der Waals surface area (Å²) in [4.78, 5) is 15.0. The lowest BCUT2D eigenvalue weighted by molar-refractivity contribution is 0.0433. The van der Waals surface area contributed by atoms with E-state index in [2.05, 4.69) is 11.9 Å². The molecule has 0 aliphatic carbocycles. The molecule has 1 aliphatic rings. The van der Waals surface area contributed by atoms with Crippen LogP contribution in [0.1, 0.15) is 43.6 Å². The van der Waals surface area contributed by atoms with Crippen LogP contribution in [0.25, 0.3) is 0 Å². The number of hydrogen-bond acceptors (Lipinski definition) is 3. The second-order valence-corrected chi connectivity index (χ2v) is 7.28. The summed E-state index contributed by atoms with van der Waals surface area (Å²) < 4.78 is 5.69. The number of anilines is 1. The van der Waals surface area contributed by atoms with Crippen LogP contribution >= 0.6 is 0 Å². The Kier molecular flexibility index (Phi) is 4.77. The SMILES string of the molecule is C=C(C)COc1ccc(C2(C)Nc3ccccc3C(=O)N2C(C)C)cc1. The van der Waals surface area contributed by atoms with Crippen molar-refractivity contribution in [2.45, 2.75) is 39.4 Å². The number of ether oxygens (including phenoxy) is 1. The fraction of sp³-hybridized carbons (Fsp3) is 0.318. The molecule has 1 atom stereocenters. The summed E-state index contributed by atoms with van der Waals surface area (Å²) in [6, 6.07) is 15.6. The Balaban J connectivity index is 1.98. The number of para-hydroxylation sites is 1. The lowest BCUT2D eigenvalue weighted by Gasteiger charge is -2.48. The second kappa shape index (κ2) is 6.87. The minimum atomic E-state index is -0.632. The molecule has 0 aromatic heterocycles. The quantitative estimate of drug-likeness (QED) is 0.788. The Morgan fingerprint density at radius 3 is 2.46 bits per heavy atom. The van der Waals surface area contributed by atoms with Crippen molar-refractivity contribution in [3.05, 3.63) is 71.8 Å². The number of carbonyl (C=O) groups is 1. The number of hydrogen-bond donors (Lipinski definition) is 1. The van der Waals surface area contributed by atoms with Gasteiger partial charge in [-0.15, -0.1) is 0 Å². The van der Waals surface area contributed by atoms with Crippen LogP contribution in [0.2, 0.25) is 0 Å². The summed E-state index contributed by atoms with van der Waals surface area (Å²) in [7, 11) is 0. The molecule has 0 radical (unpaired) electrons. The number of amides is 1. The van der Waals surface area contributed by atoms with Gasteiger partial charge in [-0.1, -0.05) is 30.8 Å². The maximum Gasteiger partial charge on any atom is 0.258 e. The van der Waals surface area contributed by atoms with E-state index in [-0.39, 0.29) is 11.9 Å². The fourth-order valence-corrected chi connectivity index (χ4v) is 3.48. The summed E-state index contributed by atoms with van der Waals surface area (Å²) in [5.74, 6) is 0.832. The second-order valence-electron chi connectivity index (χ2n) is 7.28. The van der Waals surface area contributed by atoms with E-state index in [0.29, 0.717) is 12.2 Å². The van der Waals surface area contributed by atoms with Crippen molar-refractivity contribution >= 4 is 11.6 Å². The van der Waals surface area contributed by atoms with Gasteiger partial charge >= 0.3 is 0 Å². The molecule has 0 spiro atoms. The average Bonchev–Trinajstić information content (AvgIpc) is 2.60. The van der Waals surface area contributed by atoms with Gasteiger partial charge in [0.25, 0.3) is 5.91 Å². The van der Waals surface area contributed by atoms with Crippen LogP contribution in [0.4, 0.5) is 5.69 Å². The van der Waals surface area contributed by atoms with Crippen LogP contribution in [0.15, 0.2) is 60.7 Å². The highest BCUT2D eigenvalue weighted by Crippen LogP contribution is 2.39. The van der Waals surface area contributed by atoms with E-state index < -0.39 is 5.66 Å². The topological polar surface area (TPSA) is 41.6 Å². The molecule has 2 aromatic rings. The fourth-order valence-electron chi connectivity index (χ4n) is 3.48. The first kappa shape index (κ1) is 18.1. The van der Waals surface area contributed by atoms with E-state index in [1.165, 1.54) is 0 Å². The largest absolute Gasteiger partial charge is 0.489 e. The van der Waals surface area contributed by atoms with Crippen molar-refractivity contribution in [3.63, 3.8) is 0 Å². The molecule has 1 aliphatic heterocycles. The molecule has 0 saturated carbocycles. The Labute approximate surface area is 155 Å². The van der Waals surface area contributed by atoms with Crippen LogP contribution in [-0.4, -0.2) is 23.5 Å². The molecular weight excluding hydrogens is 324 g/mol. The van der Waals surface area contributed by atoms with E-state index in [9.17, 15) is 4.79 Å². The van der Waals surface area contributed by atoms with Gasteiger partial charge in [0.05, 0.1) is 5.56 Å². The highest BCUT2D eigenvalue weighted by Gasteiger charge is 2.43. The van der Waals surface area contributed by atoms with Gasteiger partial charge in [-0.05, 0) is 63.1 Å². The van der Waals surface area contributed by atoms with E-state index in [1.807, 2.05) is 81.1 Å². The van der Waals surface area contributed by atoms with Gasteiger partial charge in [0.2, 0.25) is 0 Å². The summed E-state index contributed by atoms with van der Waals surface area (Å²) >= 11 is 0. The molecule has 136 valence electrons. The third kappa shape index (κ3) is 3.19. The van der Waals surface area contributed by atoms with E-state index in [4.69, 9.17) is 4.74 Å². The predicted octanol–water partition coefficient (Wildman–Crippen LogP) is 4.79. The lowest BCUT2D eigenvalue weighted by Crippen LogP contribution is -2.58. The number of fused-ring (bicyclic) bond motifs is 1.